The fourth-order valence-electron chi connectivity index (χ4n) is 4.67. The first kappa shape index (κ1) is 24.0. The normalized spacial score (nSPS) is 20.6. The van der Waals surface area contributed by atoms with E-state index in [2.05, 4.69) is 40.1 Å². The third kappa shape index (κ3) is 5.15. The molecule has 1 heterocycles. The van der Waals surface area contributed by atoms with E-state index >= 15 is 0 Å². The number of hydrogen-bond acceptors (Lipinski definition) is 3. The molecule has 1 aliphatic rings. The Morgan fingerprint density at radius 1 is 1.18 bits per heavy atom. The monoisotopic (exact) mass is 514 g/mol. The number of nitrogens with zero attached hydrogens (tertiary/aromatic N) is 1. The molecule has 0 saturated heterocycles. The number of aromatic nitrogens is 1. The van der Waals surface area contributed by atoms with Crippen LogP contribution < -0.4 is 5.32 Å². The van der Waals surface area contributed by atoms with Gasteiger partial charge in [-0.1, -0.05) is 0 Å². The maximum atomic E-state index is 13.3. The number of fused-ring (bicyclic) bond motifs is 1. The number of carbonyl (C=O) groups is 2. The number of carbonyl (C=O) groups excluding carboxylic acids is 1. The van der Waals surface area contributed by atoms with Crippen LogP contribution in [0.25, 0.3) is 10.8 Å². The van der Waals surface area contributed by atoms with Gasteiger partial charge in [-0.25, -0.2) is 0 Å². The van der Waals surface area contributed by atoms with Gasteiger partial charge in [0.2, 0.25) is 0 Å². The molecule has 2 N–H and O–H groups in total. The van der Waals surface area contributed by atoms with Gasteiger partial charge >= 0.3 is 209 Å². The van der Waals surface area contributed by atoms with Gasteiger partial charge < -0.3 is 0 Å². The van der Waals surface area contributed by atoms with Gasteiger partial charge in [-0.2, -0.15) is 0 Å². The molecule has 1 aromatic heterocycles. The molecule has 0 fully saturated rings. The fourth-order valence-corrected chi connectivity index (χ4v) is 5.43. The number of aliphatic carboxylic acids is 1. The van der Waals surface area contributed by atoms with Gasteiger partial charge in [0.05, 0.1) is 0 Å². The summed E-state index contributed by atoms with van der Waals surface area (Å²) in [6.45, 7) is 3.97. The van der Waals surface area contributed by atoms with Crippen molar-refractivity contribution in [3.63, 3.8) is 0 Å². The molecule has 6 heteroatoms. The minimum absolute atomic E-state index is 0.0523. The molecule has 3 aromatic rings. The van der Waals surface area contributed by atoms with Crippen molar-refractivity contribution in [3.8, 4) is 0 Å². The Hall–Kier alpha value is -3.17. The van der Waals surface area contributed by atoms with Crippen molar-refractivity contribution >= 4 is 45.2 Å². The molecule has 1 aliphatic carbocycles. The molecule has 0 spiro atoms. The summed E-state index contributed by atoms with van der Waals surface area (Å²) in [6.07, 6.45) is 10.0. The molecule has 3 atom stereocenters. The van der Waals surface area contributed by atoms with Crippen molar-refractivity contribution in [3.05, 3.63) is 95.9 Å². The number of benzene rings is 2. The second-order valence-corrected chi connectivity index (χ2v) is 9.87. The Bertz CT molecular complexity index is 1300. The van der Waals surface area contributed by atoms with Crippen LogP contribution in [0, 0.1) is 11.3 Å². The van der Waals surface area contributed by atoms with Crippen LogP contribution in [-0.4, -0.2) is 38.8 Å². The number of pyridine rings is 1. The van der Waals surface area contributed by atoms with E-state index in [1.165, 1.54) is 0 Å². The summed E-state index contributed by atoms with van der Waals surface area (Å²) in [5.41, 5.74) is 3.35. The molecule has 2 radical (unpaired) electrons. The Morgan fingerprint density at radius 2 is 1.97 bits per heavy atom. The molecule has 3 unspecified atom stereocenters. The zero-order valence-electron chi connectivity index (χ0n) is 19.2. The number of anilines is 1. The number of nitrogens with one attached hydrogen (secondary N) is 1. The van der Waals surface area contributed by atoms with Crippen LogP contribution in [0.4, 0.5) is 5.69 Å². The molecule has 0 bridgehead atoms. The van der Waals surface area contributed by atoms with Gasteiger partial charge in [0.15, 0.2) is 0 Å². The van der Waals surface area contributed by atoms with Crippen molar-refractivity contribution in [2.75, 3.05) is 5.32 Å². The summed E-state index contributed by atoms with van der Waals surface area (Å²) in [5, 5.41) is 15.2. The number of amides is 1. The van der Waals surface area contributed by atoms with Gasteiger partial charge in [0, 0.05) is 0 Å². The zero-order chi connectivity index (χ0) is 24.3. The van der Waals surface area contributed by atoms with E-state index in [-0.39, 0.29) is 17.2 Å². The molecule has 172 valence electrons. The van der Waals surface area contributed by atoms with E-state index in [1.807, 2.05) is 61.5 Å². The molecule has 0 aliphatic heterocycles. The third-order valence-electron chi connectivity index (χ3n) is 6.39. The van der Waals surface area contributed by atoms with Crippen LogP contribution in [0.2, 0.25) is 5.21 Å². The molecular weight excluding hydrogens is 487 g/mol. The van der Waals surface area contributed by atoms with Crippen LogP contribution in [0.1, 0.15) is 30.9 Å². The minimum atomic E-state index is -0.835. The Morgan fingerprint density at radius 3 is 2.71 bits per heavy atom. The molecule has 2 aromatic carbocycles. The summed E-state index contributed by atoms with van der Waals surface area (Å²) in [7, 11) is 0. The van der Waals surface area contributed by atoms with Gasteiger partial charge in [-0.3, -0.25) is 0 Å². The van der Waals surface area contributed by atoms with Crippen molar-refractivity contribution < 1.29 is 14.7 Å². The molecule has 1 amide bonds. The zero-order valence-corrected chi connectivity index (χ0v) is 21.1. The van der Waals surface area contributed by atoms with Gasteiger partial charge in [0.25, 0.3) is 0 Å². The SMILES string of the molecule is CC1=CC(C)(Cc2ccccc2C(C[As])C(=O)Nc2ccc3cnccc3c2)C=CC1C(=O)O. The first-order chi connectivity index (χ1) is 16.3. The quantitative estimate of drug-likeness (QED) is 0.331. The number of carboxylic acid groups (broad SMARTS) is 1. The van der Waals surface area contributed by atoms with Crippen LogP contribution in [0.3, 0.4) is 0 Å². The average molecular weight is 514 g/mol. The van der Waals surface area contributed by atoms with E-state index in [4.69, 9.17) is 0 Å². The van der Waals surface area contributed by atoms with Crippen molar-refractivity contribution in [1.29, 1.82) is 0 Å². The standard InChI is InChI=1S/C28H27AsN2O3/c1-18-14-28(2,11-9-23(18)27(33)34)15-20-5-3-4-6-24(20)25(16-29)26(32)31-22-8-7-21-17-30-12-10-19(21)13-22/h3-14,17,23,25H,15-16H2,1-2H3,(H,31,32)(H,33,34). The Balaban J connectivity index is 1.58. The van der Waals surface area contributed by atoms with Crippen molar-refractivity contribution in [2.24, 2.45) is 11.3 Å². The number of allylic oxidation sites excluding steroid dienone is 2. The number of hydrogen-bond donors (Lipinski definition) is 2. The fraction of sp³-hybridized carbons (Fsp3) is 0.250. The van der Waals surface area contributed by atoms with Crippen LogP contribution in [0.5, 0.6) is 0 Å². The third-order valence-corrected chi connectivity index (χ3v) is 7.16. The molecule has 5 nitrogen and oxygen atoms in total. The molecule has 0 saturated carbocycles. The predicted molar refractivity (Wildman–Crippen MR) is 136 cm³/mol. The molecule has 34 heavy (non-hydrogen) atoms. The second kappa shape index (κ2) is 9.98. The molecule has 4 rings (SSSR count). The van der Waals surface area contributed by atoms with Crippen molar-refractivity contribution in [1.82, 2.24) is 4.98 Å². The van der Waals surface area contributed by atoms with Gasteiger partial charge in [0.1, 0.15) is 0 Å². The van der Waals surface area contributed by atoms with Crippen LogP contribution >= 0.6 is 0 Å². The second-order valence-electron chi connectivity index (χ2n) is 9.11. The topological polar surface area (TPSA) is 79.3 Å². The summed E-state index contributed by atoms with van der Waals surface area (Å²) in [5.74, 6) is -1.79. The number of rotatable bonds is 7. The van der Waals surface area contributed by atoms with E-state index in [1.54, 1.807) is 18.5 Å². The number of carboxylic acids is 1. The van der Waals surface area contributed by atoms with E-state index in [9.17, 15) is 14.7 Å². The van der Waals surface area contributed by atoms with Crippen LogP contribution in [-0.2, 0) is 16.0 Å². The summed E-state index contributed by atoms with van der Waals surface area (Å²) < 4.78 is 0. The van der Waals surface area contributed by atoms with E-state index in [0.717, 1.165) is 33.2 Å². The first-order valence-corrected chi connectivity index (χ1v) is 12.6. The maximum absolute atomic E-state index is 13.3. The van der Waals surface area contributed by atoms with E-state index in [0.29, 0.717) is 11.6 Å². The Labute approximate surface area is 208 Å². The van der Waals surface area contributed by atoms with Gasteiger partial charge in [-0.05, 0) is 0 Å². The summed E-state index contributed by atoms with van der Waals surface area (Å²) >= 11 is 2.53. The predicted octanol–water partition coefficient (Wildman–Crippen LogP) is 5.31. The van der Waals surface area contributed by atoms with E-state index < -0.39 is 11.9 Å². The average Bonchev–Trinajstić information content (AvgIpc) is 2.80. The summed E-state index contributed by atoms with van der Waals surface area (Å²) in [6, 6.07) is 15.8. The first-order valence-electron chi connectivity index (χ1n) is 11.2. The molecular formula is C28H27AsN2O3. The van der Waals surface area contributed by atoms with Crippen LogP contribution in [0.15, 0.2) is 84.7 Å². The Kier molecular flexibility index (Phi) is 7.04. The summed E-state index contributed by atoms with van der Waals surface area (Å²) in [4.78, 5) is 29.0. The van der Waals surface area contributed by atoms with Crippen molar-refractivity contribution in [2.45, 2.75) is 31.4 Å². The van der Waals surface area contributed by atoms with Gasteiger partial charge in [-0.15, -0.1) is 0 Å².